The highest BCUT2D eigenvalue weighted by molar-refractivity contribution is 5.93. The minimum atomic E-state index is -0.433. The summed E-state index contributed by atoms with van der Waals surface area (Å²) in [7, 11) is 0. The van der Waals surface area contributed by atoms with Gasteiger partial charge in [0, 0.05) is 30.6 Å². The Labute approximate surface area is 133 Å². The van der Waals surface area contributed by atoms with Gasteiger partial charge in [0.05, 0.1) is 6.10 Å². The third kappa shape index (κ3) is 3.42. The van der Waals surface area contributed by atoms with Crippen molar-refractivity contribution in [1.82, 2.24) is 10.1 Å². The van der Waals surface area contributed by atoms with E-state index in [1.165, 1.54) is 12.1 Å². The minimum absolute atomic E-state index is 0.0937. The van der Waals surface area contributed by atoms with Crippen LogP contribution in [-0.4, -0.2) is 40.3 Å². The van der Waals surface area contributed by atoms with E-state index < -0.39 is 6.10 Å². The molecule has 1 aliphatic heterocycles. The number of halogens is 1. The largest absolute Gasteiger partial charge is 0.393 e. The number of carbonyl (C=O) groups excluding carboxylic acids is 1. The molecule has 2 heterocycles. The second-order valence-electron chi connectivity index (χ2n) is 5.98. The second kappa shape index (κ2) is 6.50. The number of aliphatic hydroxyl groups excluding tert-OH is 1. The van der Waals surface area contributed by atoms with E-state index in [0.717, 1.165) is 12.8 Å². The molecule has 2 unspecified atom stereocenters. The molecule has 6 heteroatoms. The van der Waals surface area contributed by atoms with Gasteiger partial charge in [0.25, 0.3) is 5.91 Å². The fraction of sp³-hybridized carbons (Fsp3) is 0.412. The molecule has 0 bridgehead atoms. The van der Waals surface area contributed by atoms with Crippen LogP contribution in [0.2, 0.25) is 0 Å². The lowest BCUT2D eigenvalue weighted by atomic mass is 9.93. The van der Waals surface area contributed by atoms with Crippen LogP contribution in [-0.2, 0) is 0 Å². The Kier molecular flexibility index (Phi) is 4.43. The molecule has 1 aliphatic rings. The summed E-state index contributed by atoms with van der Waals surface area (Å²) in [6.07, 6.45) is 1.35. The van der Waals surface area contributed by atoms with Gasteiger partial charge >= 0.3 is 0 Å². The van der Waals surface area contributed by atoms with E-state index in [0.29, 0.717) is 24.4 Å². The lowest BCUT2D eigenvalue weighted by Gasteiger charge is -2.33. The summed E-state index contributed by atoms with van der Waals surface area (Å²) in [6.45, 7) is 2.93. The van der Waals surface area contributed by atoms with Crippen molar-refractivity contribution in [2.75, 3.05) is 13.1 Å². The summed E-state index contributed by atoms with van der Waals surface area (Å²) in [5, 5.41) is 13.6. The second-order valence-corrected chi connectivity index (χ2v) is 5.98. The predicted molar refractivity (Wildman–Crippen MR) is 82.2 cm³/mol. The fourth-order valence-electron chi connectivity index (χ4n) is 2.88. The van der Waals surface area contributed by atoms with Crippen LogP contribution < -0.4 is 0 Å². The Hall–Kier alpha value is -2.21. The van der Waals surface area contributed by atoms with E-state index in [1.54, 1.807) is 30.0 Å². The highest BCUT2D eigenvalue weighted by Gasteiger charge is 2.28. The van der Waals surface area contributed by atoms with Gasteiger partial charge in [-0.25, -0.2) is 4.39 Å². The van der Waals surface area contributed by atoms with Crippen molar-refractivity contribution in [3.8, 4) is 11.3 Å². The number of likely N-dealkylation sites (tertiary alicyclic amines) is 1. The Bertz CT molecular complexity index is 681. The van der Waals surface area contributed by atoms with Crippen LogP contribution in [0.15, 0.2) is 34.9 Å². The van der Waals surface area contributed by atoms with Crippen LogP contribution in [0.1, 0.15) is 30.3 Å². The van der Waals surface area contributed by atoms with Gasteiger partial charge in [0.2, 0.25) is 0 Å². The van der Waals surface area contributed by atoms with Gasteiger partial charge in [-0.3, -0.25) is 4.79 Å². The van der Waals surface area contributed by atoms with Crippen LogP contribution in [0.4, 0.5) is 4.39 Å². The van der Waals surface area contributed by atoms with Gasteiger partial charge < -0.3 is 14.5 Å². The maximum atomic E-state index is 13.0. The lowest BCUT2D eigenvalue weighted by Crippen LogP contribution is -2.43. The Morgan fingerprint density at radius 1 is 1.43 bits per heavy atom. The Morgan fingerprint density at radius 2 is 2.17 bits per heavy atom. The zero-order valence-electron chi connectivity index (χ0n) is 12.9. The predicted octanol–water partition coefficient (Wildman–Crippen LogP) is 2.71. The molecule has 2 atom stereocenters. The quantitative estimate of drug-likeness (QED) is 0.945. The molecule has 1 saturated heterocycles. The Balaban J connectivity index is 1.74. The summed E-state index contributed by atoms with van der Waals surface area (Å²) in [6, 6.07) is 7.39. The fourth-order valence-corrected chi connectivity index (χ4v) is 2.88. The maximum absolute atomic E-state index is 13.0. The van der Waals surface area contributed by atoms with Crippen LogP contribution in [0.25, 0.3) is 11.3 Å². The normalized spacial score (nSPS) is 19.6. The SMILES string of the molecule is CC(O)C1CCCN(C(=O)c2cc(-c3ccc(F)cc3)on2)C1. The molecule has 2 aromatic rings. The minimum Gasteiger partial charge on any atom is -0.393 e. The van der Waals surface area contributed by atoms with Crippen molar-refractivity contribution >= 4 is 5.91 Å². The van der Waals surface area contributed by atoms with E-state index in [9.17, 15) is 14.3 Å². The standard InChI is InChI=1S/C17H19FN2O3/c1-11(21)13-3-2-8-20(10-13)17(22)15-9-16(23-19-15)12-4-6-14(18)7-5-12/h4-7,9,11,13,21H,2-3,8,10H2,1H3. The molecule has 1 amide bonds. The Morgan fingerprint density at radius 3 is 2.87 bits per heavy atom. The molecule has 0 radical (unpaired) electrons. The first-order valence-electron chi connectivity index (χ1n) is 7.74. The van der Waals surface area contributed by atoms with Gasteiger partial charge in [0.1, 0.15) is 5.82 Å². The number of amides is 1. The van der Waals surface area contributed by atoms with Crippen molar-refractivity contribution in [3.63, 3.8) is 0 Å². The maximum Gasteiger partial charge on any atom is 0.276 e. The monoisotopic (exact) mass is 318 g/mol. The summed E-state index contributed by atoms with van der Waals surface area (Å²) in [5.41, 5.74) is 0.897. The zero-order valence-corrected chi connectivity index (χ0v) is 12.9. The smallest absolute Gasteiger partial charge is 0.276 e. The summed E-state index contributed by atoms with van der Waals surface area (Å²) < 4.78 is 18.2. The summed E-state index contributed by atoms with van der Waals surface area (Å²) in [5.74, 6) is -0.0110. The number of benzene rings is 1. The number of carbonyl (C=O) groups is 1. The number of nitrogens with zero attached hydrogens (tertiary/aromatic N) is 2. The highest BCUT2D eigenvalue weighted by Crippen LogP contribution is 2.24. The van der Waals surface area contributed by atoms with E-state index in [2.05, 4.69) is 5.16 Å². The van der Waals surface area contributed by atoms with Crippen LogP contribution in [0.3, 0.4) is 0 Å². The van der Waals surface area contributed by atoms with Crippen LogP contribution in [0, 0.1) is 11.7 Å². The third-order valence-electron chi connectivity index (χ3n) is 4.29. The molecular weight excluding hydrogens is 299 g/mol. The molecule has 0 saturated carbocycles. The van der Waals surface area contributed by atoms with Gasteiger partial charge in [-0.2, -0.15) is 0 Å². The van der Waals surface area contributed by atoms with Crippen molar-refractivity contribution < 1.29 is 18.8 Å². The molecule has 1 fully saturated rings. The lowest BCUT2D eigenvalue weighted by molar-refractivity contribution is 0.0458. The van der Waals surface area contributed by atoms with Gasteiger partial charge in [0.15, 0.2) is 11.5 Å². The van der Waals surface area contributed by atoms with Crippen molar-refractivity contribution in [3.05, 3.63) is 41.8 Å². The van der Waals surface area contributed by atoms with Crippen molar-refractivity contribution in [1.29, 1.82) is 0 Å². The van der Waals surface area contributed by atoms with Crippen molar-refractivity contribution in [2.45, 2.75) is 25.9 Å². The number of hydrogen-bond acceptors (Lipinski definition) is 4. The highest BCUT2D eigenvalue weighted by atomic mass is 19.1. The first-order chi connectivity index (χ1) is 11.0. The van der Waals surface area contributed by atoms with Gasteiger partial charge in [-0.15, -0.1) is 0 Å². The number of aliphatic hydroxyl groups is 1. The van der Waals surface area contributed by atoms with E-state index in [1.807, 2.05) is 0 Å². The van der Waals surface area contributed by atoms with Crippen LogP contribution in [0.5, 0.6) is 0 Å². The molecule has 3 rings (SSSR count). The first-order valence-corrected chi connectivity index (χ1v) is 7.74. The van der Waals surface area contributed by atoms with Crippen LogP contribution >= 0.6 is 0 Å². The molecule has 23 heavy (non-hydrogen) atoms. The molecule has 122 valence electrons. The molecule has 1 aromatic carbocycles. The third-order valence-corrected chi connectivity index (χ3v) is 4.29. The number of hydrogen-bond donors (Lipinski definition) is 1. The average molecular weight is 318 g/mol. The molecule has 0 spiro atoms. The number of piperidine rings is 1. The molecule has 1 N–H and O–H groups in total. The molecule has 5 nitrogen and oxygen atoms in total. The summed E-state index contributed by atoms with van der Waals surface area (Å²) >= 11 is 0. The van der Waals surface area contributed by atoms with E-state index in [4.69, 9.17) is 4.52 Å². The van der Waals surface area contributed by atoms with Crippen molar-refractivity contribution in [2.24, 2.45) is 5.92 Å². The summed E-state index contributed by atoms with van der Waals surface area (Å²) in [4.78, 5) is 14.2. The molecule has 1 aromatic heterocycles. The topological polar surface area (TPSA) is 66.6 Å². The molecular formula is C17H19FN2O3. The van der Waals surface area contributed by atoms with Gasteiger partial charge in [-0.05, 0) is 44.0 Å². The number of aromatic nitrogens is 1. The average Bonchev–Trinajstić information content (AvgIpc) is 3.05. The first kappa shape index (κ1) is 15.7. The van der Waals surface area contributed by atoms with E-state index in [-0.39, 0.29) is 23.3 Å². The van der Waals surface area contributed by atoms with E-state index >= 15 is 0 Å². The van der Waals surface area contributed by atoms with Gasteiger partial charge in [-0.1, -0.05) is 5.16 Å². The molecule has 0 aliphatic carbocycles. The number of rotatable bonds is 3. The zero-order chi connectivity index (χ0) is 16.4.